The van der Waals surface area contributed by atoms with Gasteiger partial charge in [-0.05, 0) is 51.4 Å². The lowest BCUT2D eigenvalue weighted by molar-refractivity contribution is -0.167. The van der Waals surface area contributed by atoms with Crippen molar-refractivity contribution in [2.45, 2.75) is 322 Å². The summed E-state index contributed by atoms with van der Waals surface area (Å²) >= 11 is 0. The first kappa shape index (κ1) is 62.9. The highest BCUT2D eigenvalue weighted by atomic mass is 16.6. The molecule has 6 heteroatoms. The Bertz CT molecular complexity index is 1050. The third-order valence-electron chi connectivity index (χ3n) is 13.0. The quantitative estimate of drug-likeness (QED) is 0.0262. The lowest BCUT2D eigenvalue weighted by atomic mass is 10.0. The molecule has 0 radical (unpaired) electrons. The van der Waals surface area contributed by atoms with Crippen molar-refractivity contribution in [2.75, 3.05) is 13.2 Å². The Morgan fingerprint density at radius 3 is 0.877 bits per heavy atom. The molecule has 0 amide bonds. The van der Waals surface area contributed by atoms with E-state index < -0.39 is 6.10 Å². The van der Waals surface area contributed by atoms with E-state index in [1.807, 2.05) is 0 Å². The number of rotatable bonds is 53. The lowest BCUT2D eigenvalue weighted by Gasteiger charge is -2.18. The van der Waals surface area contributed by atoms with Crippen molar-refractivity contribution in [1.82, 2.24) is 0 Å². The zero-order chi connectivity index (χ0) is 47.2. The second kappa shape index (κ2) is 54.5. The fraction of sp³-hybridized carbons (Fsp3) is 0.881. The van der Waals surface area contributed by atoms with Crippen LogP contribution < -0.4 is 0 Å². The number of allylic oxidation sites excluding steroid dienone is 4. The van der Waals surface area contributed by atoms with Crippen LogP contribution in [0.1, 0.15) is 316 Å². The molecular weight excluding hydrogens is 805 g/mol. The van der Waals surface area contributed by atoms with E-state index >= 15 is 0 Å². The summed E-state index contributed by atoms with van der Waals surface area (Å²) in [6.07, 6.45) is 63.0. The predicted molar refractivity (Wildman–Crippen MR) is 279 cm³/mol. The molecule has 382 valence electrons. The molecule has 0 aliphatic heterocycles. The molecule has 6 nitrogen and oxygen atoms in total. The number of hydrogen-bond donors (Lipinski definition) is 0. The van der Waals surface area contributed by atoms with Crippen LogP contribution in [-0.2, 0) is 28.6 Å². The van der Waals surface area contributed by atoms with E-state index in [-0.39, 0.29) is 31.1 Å². The summed E-state index contributed by atoms with van der Waals surface area (Å²) in [5.74, 6) is -0.850. The summed E-state index contributed by atoms with van der Waals surface area (Å²) < 4.78 is 16.9. The minimum atomic E-state index is -0.767. The van der Waals surface area contributed by atoms with E-state index in [9.17, 15) is 14.4 Å². The second-order valence-corrected chi connectivity index (χ2v) is 19.6. The molecule has 0 aromatic rings. The van der Waals surface area contributed by atoms with Crippen LogP contribution in [0.2, 0.25) is 0 Å². The Morgan fingerprint density at radius 2 is 0.554 bits per heavy atom. The van der Waals surface area contributed by atoms with Crippen LogP contribution in [0, 0.1) is 0 Å². The maximum Gasteiger partial charge on any atom is 0.306 e. The summed E-state index contributed by atoms with van der Waals surface area (Å²) in [6, 6.07) is 0. The van der Waals surface area contributed by atoms with E-state index in [1.54, 1.807) is 0 Å². The van der Waals surface area contributed by atoms with Crippen molar-refractivity contribution in [3.63, 3.8) is 0 Å². The van der Waals surface area contributed by atoms with Gasteiger partial charge in [-0.25, -0.2) is 0 Å². The maximum absolute atomic E-state index is 12.8. The molecule has 0 aromatic carbocycles. The molecule has 1 atom stereocenters. The zero-order valence-corrected chi connectivity index (χ0v) is 43.8. The zero-order valence-electron chi connectivity index (χ0n) is 43.8. The molecule has 0 rings (SSSR count). The standard InChI is InChI=1S/C59H110O6/c1-4-7-10-13-16-19-22-25-27-28-29-30-32-35-37-40-43-46-49-52-58(61)64-55-56(65-59(62)53-50-47-44-41-38-33-24-21-18-15-12-9-6-3)54-63-57(60)51-48-45-42-39-36-34-31-26-23-20-17-14-11-8-5-2/h16,19,25,27,56H,4-15,17-18,20-24,26,28-55H2,1-3H3/b19-16-,27-25-/t56-/m0/s1. The van der Waals surface area contributed by atoms with Gasteiger partial charge in [0.2, 0.25) is 0 Å². The molecule has 0 fully saturated rings. The molecule has 0 aliphatic carbocycles. The van der Waals surface area contributed by atoms with Crippen molar-refractivity contribution in [3.8, 4) is 0 Å². The Hall–Kier alpha value is -2.11. The van der Waals surface area contributed by atoms with Crippen molar-refractivity contribution in [2.24, 2.45) is 0 Å². The molecule has 0 aliphatic rings. The van der Waals surface area contributed by atoms with Crippen LogP contribution in [0.15, 0.2) is 24.3 Å². The van der Waals surface area contributed by atoms with Gasteiger partial charge in [-0.2, -0.15) is 0 Å². The maximum atomic E-state index is 12.8. The van der Waals surface area contributed by atoms with Gasteiger partial charge in [0.15, 0.2) is 6.10 Å². The number of ether oxygens (including phenoxy) is 3. The number of esters is 3. The molecular formula is C59H110O6. The third kappa shape index (κ3) is 52.7. The highest BCUT2D eigenvalue weighted by molar-refractivity contribution is 5.71. The van der Waals surface area contributed by atoms with E-state index in [0.717, 1.165) is 64.2 Å². The minimum Gasteiger partial charge on any atom is -0.462 e. The van der Waals surface area contributed by atoms with Crippen molar-refractivity contribution in [3.05, 3.63) is 24.3 Å². The van der Waals surface area contributed by atoms with E-state index in [0.29, 0.717) is 19.3 Å². The third-order valence-corrected chi connectivity index (χ3v) is 13.0. The van der Waals surface area contributed by atoms with E-state index in [1.165, 1.54) is 212 Å². The number of carbonyl (C=O) groups is 3. The Labute approximate surface area is 404 Å². The summed E-state index contributed by atoms with van der Waals surface area (Å²) in [6.45, 7) is 6.66. The van der Waals surface area contributed by atoms with Gasteiger partial charge in [0.05, 0.1) is 0 Å². The fourth-order valence-electron chi connectivity index (χ4n) is 8.59. The topological polar surface area (TPSA) is 78.9 Å². The predicted octanol–water partition coefficient (Wildman–Crippen LogP) is 19.1. The molecule has 65 heavy (non-hydrogen) atoms. The first-order valence-corrected chi connectivity index (χ1v) is 28.8. The van der Waals surface area contributed by atoms with Gasteiger partial charge in [0.1, 0.15) is 13.2 Å². The number of unbranched alkanes of at least 4 members (excludes halogenated alkanes) is 38. The van der Waals surface area contributed by atoms with E-state index in [4.69, 9.17) is 14.2 Å². The molecule has 0 N–H and O–H groups in total. The average molecular weight is 916 g/mol. The van der Waals surface area contributed by atoms with Crippen LogP contribution in [0.3, 0.4) is 0 Å². The van der Waals surface area contributed by atoms with Gasteiger partial charge in [-0.1, -0.05) is 270 Å². The summed E-state index contributed by atoms with van der Waals surface area (Å²) in [4.78, 5) is 38.1. The number of carbonyl (C=O) groups excluding carboxylic acids is 3. The first-order valence-electron chi connectivity index (χ1n) is 28.8. The highest BCUT2D eigenvalue weighted by Crippen LogP contribution is 2.17. The smallest absolute Gasteiger partial charge is 0.306 e. The van der Waals surface area contributed by atoms with Gasteiger partial charge < -0.3 is 14.2 Å². The largest absolute Gasteiger partial charge is 0.462 e. The molecule has 0 saturated heterocycles. The normalized spacial score (nSPS) is 12.1. The van der Waals surface area contributed by atoms with Crippen LogP contribution >= 0.6 is 0 Å². The van der Waals surface area contributed by atoms with E-state index in [2.05, 4.69) is 45.1 Å². The SMILES string of the molecule is CCCCC/C=C\C/C=C\CCCCCCCCCCCC(=O)OC[C@H](COC(=O)CCCCCCCCCCCCCCCCC)OC(=O)CCCCCCCCCCCCCCC. The van der Waals surface area contributed by atoms with Crippen molar-refractivity contribution >= 4 is 17.9 Å². The van der Waals surface area contributed by atoms with Crippen LogP contribution in [-0.4, -0.2) is 37.2 Å². The second-order valence-electron chi connectivity index (χ2n) is 19.6. The number of hydrogen-bond acceptors (Lipinski definition) is 6. The molecule has 0 heterocycles. The van der Waals surface area contributed by atoms with Crippen LogP contribution in [0.5, 0.6) is 0 Å². The molecule has 0 aromatic heterocycles. The summed E-state index contributed by atoms with van der Waals surface area (Å²) in [7, 11) is 0. The van der Waals surface area contributed by atoms with Gasteiger partial charge in [-0.15, -0.1) is 0 Å². The Kier molecular flexibility index (Phi) is 52.7. The Balaban J connectivity index is 4.30. The first-order chi connectivity index (χ1) is 32.0. The molecule has 0 unspecified atom stereocenters. The summed E-state index contributed by atoms with van der Waals surface area (Å²) in [5, 5.41) is 0. The van der Waals surface area contributed by atoms with Crippen molar-refractivity contribution < 1.29 is 28.6 Å². The lowest BCUT2D eigenvalue weighted by Crippen LogP contribution is -2.30. The fourth-order valence-corrected chi connectivity index (χ4v) is 8.59. The van der Waals surface area contributed by atoms with Gasteiger partial charge >= 0.3 is 17.9 Å². The van der Waals surface area contributed by atoms with Crippen molar-refractivity contribution in [1.29, 1.82) is 0 Å². The molecule has 0 spiro atoms. The summed E-state index contributed by atoms with van der Waals surface area (Å²) in [5.41, 5.74) is 0. The van der Waals surface area contributed by atoms with Crippen LogP contribution in [0.25, 0.3) is 0 Å². The molecule has 0 saturated carbocycles. The van der Waals surface area contributed by atoms with Gasteiger partial charge in [0, 0.05) is 19.3 Å². The Morgan fingerprint density at radius 1 is 0.308 bits per heavy atom. The van der Waals surface area contributed by atoms with Gasteiger partial charge in [0.25, 0.3) is 0 Å². The molecule has 0 bridgehead atoms. The monoisotopic (exact) mass is 915 g/mol. The van der Waals surface area contributed by atoms with Gasteiger partial charge in [-0.3, -0.25) is 14.4 Å². The highest BCUT2D eigenvalue weighted by Gasteiger charge is 2.19. The minimum absolute atomic E-state index is 0.0667. The average Bonchev–Trinajstić information content (AvgIpc) is 3.30. The van der Waals surface area contributed by atoms with Crippen LogP contribution in [0.4, 0.5) is 0 Å².